The number of benzene rings is 1. The number of aromatic nitrogens is 3. The van der Waals surface area contributed by atoms with E-state index in [0.717, 1.165) is 29.6 Å². The fourth-order valence-corrected chi connectivity index (χ4v) is 4.45. The van der Waals surface area contributed by atoms with Gasteiger partial charge in [-0.05, 0) is 29.4 Å². The van der Waals surface area contributed by atoms with Crippen molar-refractivity contribution in [2.45, 2.75) is 57.9 Å². The van der Waals surface area contributed by atoms with Crippen LogP contribution in [-0.2, 0) is 19.5 Å². The zero-order valence-electron chi connectivity index (χ0n) is 17.5. The average Bonchev–Trinajstić information content (AvgIpc) is 3.31. The minimum absolute atomic E-state index is 0.0775. The van der Waals surface area contributed by atoms with Gasteiger partial charge in [-0.1, -0.05) is 57.9 Å². The molecule has 148 valence electrons. The Kier molecular flexibility index (Phi) is 4.36. The van der Waals surface area contributed by atoms with Crippen molar-refractivity contribution in [2.24, 2.45) is 14.1 Å². The van der Waals surface area contributed by atoms with Gasteiger partial charge in [0.05, 0.1) is 16.6 Å². The largest absolute Gasteiger partial charge is 0.342 e. The summed E-state index contributed by atoms with van der Waals surface area (Å²) in [5.74, 6) is 0. The summed E-state index contributed by atoms with van der Waals surface area (Å²) in [6.45, 7) is 6.60. The first kappa shape index (κ1) is 18.8. The second-order valence-electron chi connectivity index (χ2n) is 9.12. The Bertz CT molecular complexity index is 1150. The Hall–Kier alpha value is -2.56. The minimum atomic E-state index is -0.282. The monoisotopic (exact) mass is 379 g/mol. The average molecular weight is 380 g/mol. The molecule has 5 heteroatoms. The van der Waals surface area contributed by atoms with Gasteiger partial charge >= 0.3 is 5.69 Å². The minimum Gasteiger partial charge on any atom is -0.342 e. The molecule has 0 spiro atoms. The molecule has 28 heavy (non-hydrogen) atoms. The molecule has 0 saturated heterocycles. The molecule has 5 nitrogen and oxygen atoms in total. The van der Waals surface area contributed by atoms with Crippen molar-refractivity contribution in [3.63, 3.8) is 0 Å². The van der Waals surface area contributed by atoms with Crippen molar-refractivity contribution in [3.8, 4) is 11.3 Å². The van der Waals surface area contributed by atoms with Crippen LogP contribution in [-0.4, -0.2) is 13.7 Å². The lowest BCUT2D eigenvalue weighted by Gasteiger charge is -2.20. The predicted octanol–water partition coefficient (Wildman–Crippen LogP) is 4.12. The van der Waals surface area contributed by atoms with Crippen LogP contribution >= 0.6 is 0 Å². The fraction of sp³-hybridized carbons (Fsp3) is 0.478. The Morgan fingerprint density at radius 3 is 2.11 bits per heavy atom. The zero-order valence-corrected chi connectivity index (χ0v) is 17.5. The lowest BCUT2D eigenvalue weighted by molar-refractivity contribution is 0.527. The normalized spacial score (nSPS) is 15.6. The molecule has 1 aliphatic carbocycles. The van der Waals surface area contributed by atoms with E-state index in [2.05, 4.69) is 49.6 Å². The molecule has 2 aromatic heterocycles. The van der Waals surface area contributed by atoms with Gasteiger partial charge in [-0.25, -0.2) is 4.79 Å². The van der Waals surface area contributed by atoms with E-state index in [1.807, 2.05) is 6.20 Å². The molecule has 0 amide bonds. The van der Waals surface area contributed by atoms with Crippen LogP contribution in [0.15, 0.2) is 40.1 Å². The van der Waals surface area contributed by atoms with Gasteiger partial charge in [0.2, 0.25) is 0 Å². The maximum atomic E-state index is 13.1. The van der Waals surface area contributed by atoms with Crippen LogP contribution in [0.25, 0.3) is 22.2 Å². The molecule has 0 radical (unpaired) electrons. The van der Waals surface area contributed by atoms with Gasteiger partial charge in [-0.2, -0.15) is 0 Å². The van der Waals surface area contributed by atoms with Gasteiger partial charge in [0.25, 0.3) is 5.56 Å². The third-order valence-corrected chi connectivity index (χ3v) is 6.21. The number of hydrogen-bond donors (Lipinski definition) is 0. The highest BCUT2D eigenvalue weighted by Gasteiger charge is 2.25. The Labute approximate surface area is 165 Å². The fourth-order valence-electron chi connectivity index (χ4n) is 4.45. The molecular formula is C23H29N3O2. The van der Waals surface area contributed by atoms with Gasteiger partial charge < -0.3 is 4.57 Å². The lowest BCUT2D eigenvalue weighted by Crippen LogP contribution is -2.36. The Morgan fingerprint density at radius 2 is 1.54 bits per heavy atom. The standard InChI is InChI=1S/C23H29N3O2/c1-23(2,3)16-12-10-15(11-13-16)20-19-18(14-26(20)17-8-6-7-9-17)24(4)22(28)25(5)21(19)27/h10-14,17H,6-9H2,1-5H3. The van der Waals surface area contributed by atoms with E-state index in [0.29, 0.717) is 11.4 Å². The first-order valence-electron chi connectivity index (χ1n) is 10.1. The SMILES string of the molecule is Cn1c(=O)c2c(-c3ccc(C(C)(C)C)cc3)n(C3CCCC3)cc2n(C)c1=O. The van der Waals surface area contributed by atoms with Crippen LogP contribution in [0, 0.1) is 0 Å². The van der Waals surface area contributed by atoms with Gasteiger partial charge in [-0.15, -0.1) is 0 Å². The van der Waals surface area contributed by atoms with E-state index in [1.54, 1.807) is 18.7 Å². The first-order valence-corrected chi connectivity index (χ1v) is 10.1. The molecule has 0 atom stereocenters. The second kappa shape index (κ2) is 6.50. The summed E-state index contributed by atoms with van der Waals surface area (Å²) >= 11 is 0. The molecule has 4 rings (SSSR count). The molecule has 1 aromatic carbocycles. The molecule has 1 fully saturated rings. The van der Waals surface area contributed by atoms with Crippen LogP contribution < -0.4 is 11.2 Å². The van der Waals surface area contributed by atoms with Crippen LogP contribution in [0.2, 0.25) is 0 Å². The lowest BCUT2D eigenvalue weighted by atomic mass is 9.86. The number of fused-ring (bicyclic) bond motifs is 1. The summed E-state index contributed by atoms with van der Waals surface area (Å²) in [5.41, 5.74) is 3.54. The Morgan fingerprint density at radius 1 is 0.929 bits per heavy atom. The molecule has 0 bridgehead atoms. The van der Waals surface area contributed by atoms with Crippen molar-refractivity contribution in [1.82, 2.24) is 13.7 Å². The second-order valence-corrected chi connectivity index (χ2v) is 9.12. The van der Waals surface area contributed by atoms with E-state index < -0.39 is 0 Å². The van der Waals surface area contributed by atoms with Crippen LogP contribution in [0.4, 0.5) is 0 Å². The van der Waals surface area contributed by atoms with Gasteiger partial charge in [-0.3, -0.25) is 13.9 Å². The number of nitrogens with zero attached hydrogens (tertiary/aromatic N) is 3. The maximum Gasteiger partial charge on any atom is 0.330 e. The number of hydrogen-bond acceptors (Lipinski definition) is 2. The van der Waals surface area contributed by atoms with Crippen LogP contribution in [0.3, 0.4) is 0 Å². The molecule has 0 unspecified atom stereocenters. The van der Waals surface area contributed by atoms with Crippen LogP contribution in [0.5, 0.6) is 0 Å². The van der Waals surface area contributed by atoms with Crippen LogP contribution in [0.1, 0.15) is 58.1 Å². The third kappa shape index (κ3) is 2.84. The van der Waals surface area contributed by atoms with Gasteiger partial charge in [0.15, 0.2) is 0 Å². The topological polar surface area (TPSA) is 48.9 Å². The highest BCUT2D eigenvalue weighted by Crippen LogP contribution is 2.38. The number of rotatable bonds is 2. The van der Waals surface area contributed by atoms with Crippen molar-refractivity contribution < 1.29 is 0 Å². The summed E-state index contributed by atoms with van der Waals surface area (Å²) in [6.07, 6.45) is 6.66. The molecule has 3 aromatic rings. The first-order chi connectivity index (χ1) is 13.2. The summed E-state index contributed by atoms with van der Waals surface area (Å²) in [4.78, 5) is 25.5. The summed E-state index contributed by atoms with van der Waals surface area (Å²) in [7, 11) is 3.30. The quantitative estimate of drug-likeness (QED) is 0.672. The molecule has 0 N–H and O–H groups in total. The molecule has 2 heterocycles. The highest BCUT2D eigenvalue weighted by atomic mass is 16.2. The third-order valence-electron chi connectivity index (χ3n) is 6.21. The van der Waals surface area contributed by atoms with E-state index in [1.165, 1.54) is 23.0 Å². The highest BCUT2D eigenvalue weighted by molar-refractivity contribution is 5.93. The van der Waals surface area contributed by atoms with E-state index >= 15 is 0 Å². The zero-order chi connectivity index (χ0) is 20.2. The van der Waals surface area contributed by atoms with Crippen molar-refractivity contribution in [3.05, 3.63) is 56.9 Å². The smallest absolute Gasteiger partial charge is 0.330 e. The maximum absolute atomic E-state index is 13.1. The van der Waals surface area contributed by atoms with E-state index in [4.69, 9.17) is 0 Å². The number of aryl methyl sites for hydroxylation is 1. The molecule has 1 aliphatic rings. The molecular weight excluding hydrogens is 350 g/mol. The van der Waals surface area contributed by atoms with Gasteiger partial charge in [0, 0.05) is 26.3 Å². The van der Waals surface area contributed by atoms with Gasteiger partial charge in [0.1, 0.15) is 0 Å². The summed E-state index contributed by atoms with van der Waals surface area (Å²) < 4.78 is 5.06. The molecule has 0 aliphatic heterocycles. The summed E-state index contributed by atoms with van der Waals surface area (Å²) in [5, 5.41) is 0.639. The van der Waals surface area contributed by atoms with E-state index in [9.17, 15) is 9.59 Å². The summed E-state index contributed by atoms with van der Waals surface area (Å²) in [6, 6.07) is 8.92. The molecule has 1 saturated carbocycles. The van der Waals surface area contributed by atoms with Crippen molar-refractivity contribution in [1.29, 1.82) is 0 Å². The van der Waals surface area contributed by atoms with Crippen molar-refractivity contribution in [2.75, 3.05) is 0 Å². The Balaban J connectivity index is 2.04. The van der Waals surface area contributed by atoms with Crippen molar-refractivity contribution >= 4 is 10.9 Å². The predicted molar refractivity (Wildman–Crippen MR) is 114 cm³/mol. The van der Waals surface area contributed by atoms with E-state index in [-0.39, 0.29) is 16.7 Å².